The van der Waals surface area contributed by atoms with Crippen molar-refractivity contribution in [2.45, 2.75) is 31.0 Å². The predicted molar refractivity (Wildman–Crippen MR) is 148 cm³/mol. The average Bonchev–Trinajstić information content (AvgIpc) is 2.94. The number of rotatable bonds is 7. The molecule has 13 heteroatoms. The van der Waals surface area contributed by atoms with E-state index in [0.717, 1.165) is 28.1 Å². The summed E-state index contributed by atoms with van der Waals surface area (Å²) in [6, 6.07) is 12.0. The Morgan fingerprint density at radius 2 is 1.80 bits per heavy atom. The molecule has 2 N–H and O–H groups in total. The largest absolute Gasteiger partial charge is 0.489 e. The molecule has 41 heavy (non-hydrogen) atoms. The Hall–Kier alpha value is -3.77. The number of hydrogen-bond donors (Lipinski definition) is 2. The molecule has 0 saturated carbocycles. The lowest BCUT2D eigenvalue weighted by Gasteiger charge is -2.31. The highest BCUT2D eigenvalue weighted by atomic mass is 35.5. The van der Waals surface area contributed by atoms with Crippen molar-refractivity contribution in [1.29, 1.82) is 0 Å². The van der Waals surface area contributed by atoms with Crippen LogP contribution in [-0.2, 0) is 21.0 Å². The zero-order chi connectivity index (χ0) is 30.1. The standard InChI is InChI=1S/C28H27ClF3N3O5S/c1-16-5-4-6-20(13-16)41(38,39)35-11-12-40-24-10-7-18(14-23(24)35)27(37)34-25(17(2)26(36)33-3)21-15-19(28(30,31)32)8-9-22(21)29/h4-10,13-15,17,25H,11-12H2,1-3H3,(H,33,36)(H,34,37)/t17-,25+/m1/s1. The molecule has 1 aliphatic heterocycles. The number of hydrogen-bond acceptors (Lipinski definition) is 5. The second kappa shape index (κ2) is 11.6. The molecule has 0 aromatic heterocycles. The van der Waals surface area contributed by atoms with E-state index in [1.54, 1.807) is 19.1 Å². The van der Waals surface area contributed by atoms with Crippen molar-refractivity contribution < 1.29 is 35.9 Å². The number of halogens is 4. The molecule has 0 saturated heterocycles. The molecule has 0 unspecified atom stereocenters. The second-order valence-electron chi connectivity index (χ2n) is 9.51. The molecule has 0 bridgehead atoms. The van der Waals surface area contributed by atoms with Gasteiger partial charge in [-0.3, -0.25) is 13.9 Å². The number of nitrogens with zero attached hydrogens (tertiary/aromatic N) is 1. The summed E-state index contributed by atoms with van der Waals surface area (Å²) in [5.74, 6) is -2.09. The van der Waals surface area contributed by atoms with Crippen LogP contribution in [0.25, 0.3) is 0 Å². The Morgan fingerprint density at radius 1 is 1.07 bits per heavy atom. The first kappa shape index (κ1) is 30.2. The smallest absolute Gasteiger partial charge is 0.416 e. The molecule has 0 spiro atoms. The van der Waals surface area contributed by atoms with E-state index < -0.39 is 45.5 Å². The average molecular weight is 610 g/mol. The molecule has 2 amide bonds. The van der Waals surface area contributed by atoms with E-state index in [2.05, 4.69) is 10.6 Å². The number of alkyl halides is 3. The van der Waals surface area contributed by atoms with E-state index in [4.69, 9.17) is 16.3 Å². The molecule has 8 nitrogen and oxygen atoms in total. The molecule has 3 aromatic rings. The molecular weight excluding hydrogens is 583 g/mol. The van der Waals surface area contributed by atoms with Crippen LogP contribution >= 0.6 is 11.6 Å². The second-order valence-corrected chi connectivity index (χ2v) is 11.8. The number of ether oxygens (including phenoxy) is 1. The molecule has 0 aliphatic carbocycles. The summed E-state index contributed by atoms with van der Waals surface area (Å²) in [7, 11) is -2.65. The molecule has 1 heterocycles. The fourth-order valence-electron chi connectivity index (χ4n) is 4.52. The van der Waals surface area contributed by atoms with Crippen LogP contribution in [-0.4, -0.2) is 40.4 Å². The van der Waals surface area contributed by atoms with Gasteiger partial charge in [0, 0.05) is 17.6 Å². The zero-order valence-corrected chi connectivity index (χ0v) is 23.8. The van der Waals surface area contributed by atoms with Crippen LogP contribution in [0.2, 0.25) is 5.02 Å². The molecule has 1 aliphatic rings. The fourth-order valence-corrected chi connectivity index (χ4v) is 6.31. The van der Waals surface area contributed by atoms with Crippen LogP contribution in [0.4, 0.5) is 18.9 Å². The minimum absolute atomic E-state index is 0.00380. The summed E-state index contributed by atoms with van der Waals surface area (Å²) in [5.41, 5.74) is -0.231. The van der Waals surface area contributed by atoms with Gasteiger partial charge in [0.15, 0.2) is 0 Å². The number of fused-ring (bicyclic) bond motifs is 1. The van der Waals surface area contributed by atoms with Crippen LogP contribution in [0, 0.1) is 12.8 Å². The monoisotopic (exact) mass is 609 g/mol. The number of amides is 2. The summed E-state index contributed by atoms with van der Waals surface area (Å²) in [4.78, 5) is 26.1. The van der Waals surface area contributed by atoms with Crippen LogP contribution in [0.1, 0.15) is 40.0 Å². The van der Waals surface area contributed by atoms with E-state index in [9.17, 15) is 31.2 Å². The third-order valence-corrected chi connectivity index (χ3v) is 8.88. The highest BCUT2D eigenvalue weighted by Crippen LogP contribution is 2.38. The molecule has 4 rings (SSSR count). The lowest BCUT2D eigenvalue weighted by molar-refractivity contribution is -0.137. The first-order valence-electron chi connectivity index (χ1n) is 12.5. The number of carbonyl (C=O) groups excluding carboxylic acids is 2. The highest BCUT2D eigenvalue weighted by Gasteiger charge is 2.35. The first-order valence-corrected chi connectivity index (χ1v) is 14.3. The summed E-state index contributed by atoms with van der Waals surface area (Å²) in [5, 5.41) is 4.98. The zero-order valence-electron chi connectivity index (χ0n) is 22.3. The molecule has 0 fully saturated rings. The van der Waals surface area contributed by atoms with Gasteiger partial charge >= 0.3 is 6.18 Å². The van der Waals surface area contributed by atoms with Crippen molar-refractivity contribution in [2.24, 2.45) is 5.92 Å². The highest BCUT2D eigenvalue weighted by molar-refractivity contribution is 7.92. The number of sulfonamides is 1. The van der Waals surface area contributed by atoms with Crippen molar-refractivity contribution in [2.75, 3.05) is 24.5 Å². The SMILES string of the molecule is CNC(=O)[C@H](C)[C@H](NC(=O)c1ccc2c(c1)N(S(=O)(=O)c1cccc(C)c1)CCO2)c1cc(C(F)(F)F)ccc1Cl. The quantitative estimate of drug-likeness (QED) is 0.388. The number of aryl methyl sites for hydroxylation is 1. The van der Waals surface area contributed by atoms with Crippen molar-refractivity contribution in [3.05, 3.63) is 87.9 Å². The minimum atomic E-state index is -4.69. The van der Waals surface area contributed by atoms with Gasteiger partial charge in [0.1, 0.15) is 12.4 Å². The number of benzene rings is 3. The minimum Gasteiger partial charge on any atom is -0.489 e. The Kier molecular flexibility index (Phi) is 8.55. The van der Waals surface area contributed by atoms with E-state index in [-0.39, 0.29) is 45.6 Å². The number of anilines is 1. The van der Waals surface area contributed by atoms with E-state index in [1.807, 2.05) is 0 Å². The molecular formula is C28H27ClF3N3O5S. The van der Waals surface area contributed by atoms with Gasteiger partial charge < -0.3 is 15.4 Å². The Balaban J connectivity index is 1.73. The summed E-state index contributed by atoms with van der Waals surface area (Å²) < 4.78 is 74.2. The normalized spacial score (nSPS) is 14.9. The molecule has 2 atom stereocenters. The van der Waals surface area contributed by atoms with Crippen molar-refractivity contribution >= 4 is 39.1 Å². The lowest BCUT2D eigenvalue weighted by Crippen LogP contribution is -2.40. The topological polar surface area (TPSA) is 105 Å². The van der Waals surface area contributed by atoms with Gasteiger partial charge in [0.2, 0.25) is 5.91 Å². The van der Waals surface area contributed by atoms with Gasteiger partial charge in [-0.25, -0.2) is 8.42 Å². The maximum absolute atomic E-state index is 13.5. The van der Waals surface area contributed by atoms with Crippen molar-refractivity contribution in [1.82, 2.24) is 10.6 Å². The third-order valence-electron chi connectivity index (χ3n) is 6.72. The van der Waals surface area contributed by atoms with Gasteiger partial charge in [-0.1, -0.05) is 30.7 Å². The van der Waals surface area contributed by atoms with E-state index in [1.165, 1.54) is 44.3 Å². The van der Waals surface area contributed by atoms with Crippen LogP contribution in [0.5, 0.6) is 5.75 Å². The molecule has 0 radical (unpaired) electrons. The number of carbonyl (C=O) groups is 2. The maximum Gasteiger partial charge on any atom is 0.416 e. The maximum atomic E-state index is 13.5. The van der Waals surface area contributed by atoms with Crippen LogP contribution < -0.4 is 19.7 Å². The fraction of sp³-hybridized carbons (Fsp3) is 0.286. The van der Waals surface area contributed by atoms with Gasteiger partial charge in [0.25, 0.3) is 15.9 Å². The number of nitrogens with one attached hydrogen (secondary N) is 2. The first-order chi connectivity index (χ1) is 19.2. The van der Waals surface area contributed by atoms with Crippen LogP contribution in [0.3, 0.4) is 0 Å². The van der Waals surface area contributed by atoms with Gasteiger partial charge in [-0.15, -0.1) is 0 Å². The van der Waals surface area contributed by atoms with E-state index in [0.29, 0.717) is 0 Å². The van der Waals surface area contributed by atoms with E-state index >= 15 is 0 Å². The van der Waals surface area contributed by atoms with Gasteiger partial charge in [0.05, 0.1) is 34.7 Å². The Morgan fingerprint density at radius 3 is 2.46 bits per heavy atom. The van der Waals surface area contributed by atoms with Crippen LogP contribution in [0.15, 0.2) is 65.6 Å². The Labute approximate surface area is 240 Å². The lowest BCUT2D eigenvalue weighted by atomic mass is 9.92. The predicted octanol–water partition coefficient (Wildman–Crippen LogP) is 5.11. The summed E-state index contributed by atoms with van der Waals surface area (Å²) in [6.45, 7) is 3.28. The summed E-state index contributed by atoms with van der Waals surface area (Å²) in [6.07, 6.45) is -4.69. The Bertz CT molecular complexity index is 1600. The molecule has 218 valence electrons. The molecule has 3 aromatic carbocycles. The summed E-state index contributed by atoms with van der Waals surface area (Å²) >= 11 is 6.26. The van der Waals surface area contributed by atoms with Crippen molar-refractivity contribution in [3.8, 4) is 5.75 Å². The van der Waals surface area contributed by atoms with Gasteiger partial charge in [-0.05, 0) is 66.6 Å². The van der Waals surface area contributed by atoms with Gasteiger partial charge in [-0.2, -0.15) is 13.2 Å². The van der Waals surface area contributed by atoms with Crippen molar-refractivity contribution in [3.63, 3.8) is 0 Å². The third kappa shape index (κ3) is 6.28.